The second kappa shape index (κ2) is 6.34. The van der Waals surface area contributed by atoms with Crippen LogP contribution in [0.25, 0.3) is 0 Å². The quantitative estimate of drug-likeness (QED) is 0.845. The lowest BCUT2D eigenvalue weighted by Crippen LogP contribution is -2.42. The molecule has 2 heterocycles. The molecule has 1 fully saturated rings. The Morgan fingerprint density at radius 2 is 2.21 bits per heavy atom. The van der Waals surface area contributed by atoms with Gasteiger partial charge in [-0.2, -0.15) is 5.26 Å². The van der Waals surface area contributed by atoms with E-state index in [0.29, 0.717) is 25.9 Å². The van der Waals surface area contributed by atoms with Crippen molar-refractivity contribution >= 4 is 23.2 Å². The number of nitrogens with one attached hydrogen (secondary N) is 1. The summed E-state index contributed by atoms with van der Waals surface area (Å²) in [6.45, 7) is 1.25. The smallest absolute Gasteiger partial charge is 0.263 e. The van der Waals surface area contributed by atoms with E-state index in [-0.39, 0.29) is 24.3 Å². The van der Waals surface area contributed by atoms with E-state index >= 15 is 0 Å². The molecule has 0 radical (unpaired) electrons. The second-order valence-electron chi connectivity index (χ2n) is 4.42. The third kappa shape index (κ3) is 3.32. The molecule has 0 atom stereocenters. The molecule has 2 rings (SSSR count). The minimum atomic E-state index is -0.0827. The summed E-state index contributed by atoms with van der Waals surface area (Å²) in [7, 11) is 0. The zero-order valence-electron chi connectivity index (χ0n) is 10.5. The van der Waals surface area contributed by atoms with Crippen molar-refractivity contribution in [3.05, 3.63) is 22.4 Å². The normalized spacial score (nSPS) is 15.8. The van der Waals surface area contributed by atoms with E-state index in [9.17, 15) is 9.59 Å². The largest absolute Gasteiger partial charge is 0.343 e. The van der Waals surface area contributed by atoms with Crippen LogP contribution in [0.15, 0.2) is 17.5 Å². The fourth-order valence-electron chi connectivity index (χ4n) is 2.17. The van der Waals surface area contributed by atoms with Gasteiger partial charge in [0, 0.05) is 19.0 Å². The van der Waals surface area contributed by atoms with Gasteiger partial charge in [-0.25, -0.2) is 0 Å². The molecular weight excluding hydrogens is 262 g/mol. The summed E-state index contributed by atoms with van der Waals surface area (Å²) in [5.41, 5.74) is 0. The Morgan fingerprint density at radius 1 is 1.47 bits per heavy atom. The summed E-state index contributed by atoms with van der Waals surface area (Å²) in [5.74, 6) is -0.114. The number of hydrogen-bond donors (Lipinski definition) is 1. The molecule has 100 valence electrons. The van der Waals surface area contributed by atoms with Crippen LogP contribution in [0.5, 0.6) is 0 Å². The zero-order valence-corrected chi connectivity index (χ0v) is 11.3. The Balaban J connectivity index is 1.84. The molecule has 2 amide bonds. The fourth-order valence-corrected chi connectivity index (χ4v) is 2.86. The molecule has 0 aliphatic carbocycles. The van der Waals surface area contributed by atoms with E-state index in [1.165, 1.54) is 11.3 Å². The Bertz CT molecular complexity index is 484. The molecule has 0 unspecified atom stereocenters. The third-order valence-electron chi connectivity index (χ3n) is 3.23. The molecule has 0 spiro atoms. The maximum atomic E-state index is 12.1. The molecule has 0 aromatic carbocycles. The Kier molecular flexibility index (Phi) is 4.53. The molecule has 1 N–H and O–H groups in total. The number of carbonyl (C=O) groups excluding carboxylic acids is 2. The molecular formula is C13H15N3O2S. The molecule has 1 aromatic rings. The van der Waals surface area contributed by atoms with Crippen molar-refractivity contribution in [1.29, 1.82) is 5.26 Å². The van der Waals surface area contributed by atoms with Gasteiger partial charge in [-0.05, 0) is 24.3 Å². The van der Waals surface area contributed by atoms with Crippen LogP contribution in [-0.4, -0.2) is 36.3 Å². The Labute approximate surface area is 115 Å². The molecule has 1 aliphatic heterocycles. The summed E-state index contributed by atoms with van der Waals surface area (Å²) in [4.78, 5) is 26.3. The topological polar surface area (TPSA) is 73.2 Å². The lowest BCUT2D eigenvalue weighted by molar-refractivity contribution is -0.126. The highest BCUT2D eigenvalue weighted by Crippen LogP contribution is 2.20. The Morgan fingerprint density at radius 3 is 2.79 bits per heavy atom. The van der Waals surface area contributed by atoms with Crippen LogP contribution in [0.3, 0.4) is 0 Å². The number of thiophene rings is 1. The lowest BCUT2D eigenvalue weighted by atomic mass is 9.96. The minimum Gasteiger partial charge on any atom is -0.343 e. The summed E-state index contributed by atoms with van der Waals surface area (Å²) >= 11 is 1.44. The van der Waals surface area contributed by atoms with Crippen LogP contribution in [0, 0.1) is 17.2 Å². The highest BCUT2D eigenvalue weighted by molar-refractivity contribution is 7.12. The number of carbonyl (C=O) groups is 2. The highest BCUT2D eigenvalue weighted by atomic mass is 32.1. The average Bonchev–Trinajstić information content (AvgIpc) is 2.98. The number of nitriles is 1. The fraction of sp³-hybridized carbons (Fsp3) is 0.462. The van der Waals surface area contributed by atoms with Gasteiger partial charge in [0.1, 0.15) is 6.54 Å². The van der Waals surface area contributed by atoms with E-state index in [1.807, 2.05) is 23.6 Å². The predicted octanol–water partition coefficient (Wildman–Crippen LogP) is 1.24. The minimum absolute atomic E-state index is 0.0471. The number of nitrogens with zero attached hydrogens (tertiary/aromatic N) is 2. The van der Waals surface area contributed by atoms with Crippen molar-refractivity contribution in [2.45, 2.75) is 12.8 Å². The van der Waals surface area contributed by atoms with Gasteiger partial charge in [-0.15, -0.1) is 11.3 Å². The van der Waals surface area contributed by atoms with Gasteiger partial charge in [0.2, 0.25) is 5.91 Å². The van der Waals surface area contributed by atoms with Crippen LogP contribution in [0.2, 0.25) is 0 Å². The van der Waals surface area contributed by atoms with E-state index in [1.54, 1.807) is 4.90 Å². The third-order valence-corrected chi connectivity index (χ3v) is 4.08. The molecule has 19 heavy (non-hydrogen) atoms. The molecule has 5 nitrogen and oxygen atoms in total. The van der Waals surface area contributed by atoms with Gasteiger partial charge in [-0.3, -0.25) is 9.59 Å². The number of likely N-dealkylation sites (tertiary alicyclic amines) is 1. The summed E-state index contributed by atoms with van der Waals surface area (Å²) < 4.78 is 0. The monoisotopic (exact) mass is 277 g/mol. The average molecular weight is 277 g/mol. The SMILES string of the molecule is N#CCNC(=O)C1CCN(C(=O)c2cccs2)CC1. The summed E-state index contributed by atoms with van der Waals surface area (Å²) in [6, 6.07) is 5.57. The Hall–Kier alpha value is -1.87. The number of rotatable bonds is 3. The second-order valence-corrected chi connectivity index (χ2v) is 5.37. The highest BCUT2D eigenvalue weighted by Gasteiger charge is 2.27. The van der Waals surface area contributed by atoms with E-state index in [0.717, 1.165) is 4.88 Å². The number of amides is 2. The first-order chi connectivity index (χ1) is 9.22. The molecule has 1 aliphatic rings. The van der Waals surface area contributed by atoms with Gasteiger partial charge in [0.15, 0.2) is 0 Å². The predicted molar refractivity (Wildman–Crippen MR) is 71.6 cm³/mol. The zero-order chi connectivity index (χ0) is 13.7. The van der Waals surface area contributed by atoms with Crippen molar-refractivity contribution < 1.29 is 9.59 Å². The van der Waals surface area contributed by atoms with Crippen LogP contribution >= 0.6 is 11.3 Å². The van der Waals surface area contributed by atoms with E-state index in [4.69, 9.17) is 5.26 Å². The molecule has 0 saturated carbocycles. The molecule has 1 saturated heterocycles. The maximum Gasteiger partial charge on any atom is 0.263 e. The first kappa shape index (κ1) is 13.6. The van der Waals surface area contributed by atoms with E-state index in [2.05, 4.69) is 5.32 Å². The molecule has 6 heteroatoms. The molecule has 0 bridgehead atoms. The van der Waals surface area contributed by atoms with Crippen molar-refractivity contribution in [2.24, 2.45) is 5.92 Å². The van der Waals surface area contributed by atoms with Crippen molar-refractivity contribution in [3.63, 3.8) is 0 Å². The van der Waals surface area contributed by atoms with Crippen LogP contribution < -0.4 is 5.32 Å². The number of hydrogen-bond acceptors (Lipinski definition) is 4. The van der Waals surface area contributed by atoms with Crippen LogP contribution in [0.1, 0.15) is 22.5 Å². The summed E-state index contributed by atoms with van der Waals surface area (Å²) in [5, 5.41) is 12.9. The standard InChI is InChI=1S/C13H15N3O2S/c14-5-6-15-12(17)10-3-7-16(8-4-10)13(18)11-2-1-9-19-11/h1-2,9-10H,3-4,6-8H2,(H,15,17). The first-order valence-corrected chi connectivity index (χ1v) is 7.08. The van der Waals surface area contributed by atoms with Gasteiger partial charge >= 0.3 is 0 Å². The first-order valence-electron chi connectivity index (χ1n) is 6.20. The van der Waals surface area contributed by atoms with Gasteiger partial charge in [0.25, 0.3) is 5.91 Å². The lowest BCUT2D eigenvalue weighted by Gasteiger charge is -2.30. The van der Waals surface area contributed by atoms with Gasteiger partial charge < -0.3 is 10.2 Å². The summed E-state index contributed by atoms with van der Waals surface area (Å²) in [6.07, 6.45) is 1.32. The van der Waals surface area contributed by atoms with Crippen LogP contribution in [-0.2, 0) is 4.79 Å². The van der Waals surface area contributed by atoms with Gasteiger partial charge in [0.05, 0.1) is 10.9 Å². The molecule has 1 aromatic heterocycles. The van der Waals surface area contributed by atoms with E-state index < -0.39 is 0 Å². The number of piperidine rings is 1. The van der Waals surface area contributed by atoms with Crippen molar-refractivity contribution in [3.8, 4) is 6.07 Å². The maximum absolute atomic E-state index is 12.1. The van der Waals surface area contributed by atoms with Gasteiger partial charge in [-0.1, -0.05) is 6.07 Å². The van der Waals surface area contributed by atoms with Crippen LogP contribution in [0.4, 0.5) is 0 Å². The van der Waals surface area contributed by atoms with Crippen molar-refractivity contribution in [1.82, 2.24) is 10.2 Å². The van der Waals surface area contributed by atoms with Crippen molar-refractivity contribution in [2.75, 3.05) is 19.6 Å².